The number of fused-ring (bicyclic) bond motifs is 2. The first kappa shape index (κ1) is 23.7. The smallest absolute Gasteiger partial charge is 0.300 e. The average Bonchev–Trinajstić information content (AvgIpc) is 3.34. The molecule has 0 aliphatic heterocycles. The molecular formula is C27H24N8O2. The predicted molar refractivity (Wildman–Crippen MR) is 142 cm³/mol. The quantitative estimate of drug-likeness (QED) is 0.342. The van der Waals surface area contributed by atoms with Crippen LogP contribution in [0.2, 0.25) is 0 Å². The van der Waals surface area contributed by atoms with E-state index >= 15 is 0 Å². The normalized spacial score (nSPS) is 10.8. The SMILES string of the molecule is Cc1cc(Nc2ncnc3ccc(NC(=O)C#CCN(C)C)cc23)ccc1Oc1cc2nccn2cn1. The van der Waals surface area contributed by atoms with Crippen molar-refractivity contribution in [3.63, 3.8) is 0 Å². The number of anilines is 3. The van der Waals surface area contributed by atoms with Crippen LogP contribution in [0.3, 0.4) is 0 Å². The zero-order valence-corrected chi connectivity index (χ0v) is 20.6. The van der Waals surface area contributed by atoms with Crippen LogP contribution in [0.4, 0.5) is 17.2 Å². The second-order valence-electron chi connectivity index (χ2n) is 8.58. The zero-order valence-electron chi connectivity index (χ0n) is 20.6. The molecule has 37 heavy (non-hydrogen) atoms. The molecule has 3 heterocycles. The van der Waals surface area contributed by atoms with Crippen molar-refractivity contribution in [1.82, 2.24) is 29.2 Å². The summed E-state index contributed by atoms with van der Waals surface area (Å²) in [5, 5.41) is 6.91. The molecule has 2 aromatic carbocycles. The van der Waals surface area contributed by atoms with Gasteiger partial charge in [-0.3, -0.25) is 14.1 Å². The number of nitrogens with one attached hydrogen (secondary N) is 2. The van der Waals surface area contributed by atoms with E-state index in [2.05, 4.69) is 42.4 Å². The minimum Gasteiger partial charge on any atom is -0.439 e. The Balaban J connectivity index is 1.34. The predicted octanol–water partition coefficient (Wildman–Crippen LogP) is 4.02. The van der Waals surface area contributed by atoms with Gasteiger partial charge in [-0.25, -0.2) is 19.9 Å². The molecule has 0 unspecified atom stereocenters. The summed E-state index contributed by atoms with van der Waals surface area (Å²) < 4.78 is 7.80. The fourth-order valence-corrected chi connectivity index (χ4v) is 3.62. The Kier molecular flexibility index (Phi) is 6.61. The van der Waals surface area contributed by atoms with Crippen molar-refractivity contribution in [3.8, 4) is 23.5 Å². The first-order valence-corrected chi connectivity index (χ1v) is 11.5. The number of ether oxygens (including phenoxy) is 1. The largest absolute Gasteiger partial charge is 0.439 e. The van der Waals surface area contributed by atoms with Crippen molar-refractivity contribution in [3.05, 3.63) is 73.1 Å². The van der Waals surface area contributed by atoms with Crippen LogP contribution in [0.25, 0.3) is 16.6 Å². The lowest BCUT2D eigenvalue weighted by Crippen LogP contribution is -2.13. The van der Waals surface area contributed by atoms with Gasteiger partial charge in [0.15, 0.2) is 0 Å². The number of aromatic nitrogens is 5. The van der Waals surface area contributed by atoms with Gasteiger partial charge in [-0.15, -0.1) is 0 Å². The number of rotatable bonds is 6. The fourth-order valence-electron chi connectivity index (χ4n) is 3.62. The number of nitrogens with zero attached hydrogens (tertiary/aromatic N) is 6. The van der Waals surface area contributed by atoms with E-state index in [0.29, 0.717) is 29.7 Å². The van der Waals surface area contributed by atoms with Crippen LogP contribution in [0.15, 0.2) is 67.5 Å². The Bertz CT molecular complexity index is 1670. The Morgan fingerprint density at radius 2 is 1.92 bits per heavy atom. The Morgan fingerprint density at radius 1 is 1.05 bits per heavy atom. The number of hydrogen-bond acceptors (Lipinski definition) is 8. The molecule has 0 aliphatic carbocycles. The van der Waals surface area contributed by atoms with E-state index in [1.165, 1.54) is 6.33 Å². The maximum atomic E-state index is 12.2. The molecule has 5 aromatic rings. The summed E-state index contributed by atoms with van der Waals surface area (Å²) in [6, 6.07) is 13.0. The highest BCUT2D eigenvalue weighted by Crippen LogP contribution is 2.30. The van der Waals surface area contributed by atoms with E-state index in [4.69, 9.17) is 4.74 Å². The van der Waals surface area contributed by atoms with Crippen molar-refractivity contribution in [2.45, 2.75) is 6.92 Å². The lowest BCUT2D eigenvalue weighted by atomic mass is 10.1. The number of carbonyl (C=O) groups excluding carboxylic acids is 1. The van der Waals surface area contributed by atoms with Gasteiger partial charge in [-0.2, -0.15) is 0 Å². The maximum Gasteiger partial charge on any atom is 0.300 e. The Morgan fingerprint density at radius 3 is 2.76 bits per heavy atom. The van der Waals surface area contributed by atoms with E-state index in [1.54, 1.807) is 24.7 Å². The molecular weight excluding hydrogens is 468 g/mol. The number of benzene rings is 2. The van der Waals surface area contributed by atoms with Crippen molar-refractivity contribution in [2.75, 3.05) is 31.3 Å². The van der Waals surface area contributed by atoms with Crippen molar-refractivity contribution >= 4 is 39.6 Å². The molecule has 0 bridgehead atoms. The van der Waals surface area contributed by atoms with E-state index in [1.807, 2.05) is 66.8 Å². The van der Waals surface area contributed by atoms with E-state index in [0.717, 1.165) is 27.8 Å². The molecule has 0 aliphatic rings. The number of hydrogen-bond donors (Lipinski definition) is 2. The lowest BCUT2D eigenvalue weighted by Gasteiger charge is -2.12. The Hall–Kier alpha value is -5.01. The number of imidazole rings is 1. The molecule has 10 heteroatoms. The third-order valence-corrected chi connectivity index (χ3v) is 5.40. The van der Waals surface area contributed by atoms with Crippen molar-refractivity contribution < 1.29 is 9.53 Å². The maximum absolute atomic E-state index is 12.2. The van der Waals surface area contributed by atoms with Crippen molar-refractivity contribution in [2.24, 2.45) is 0 Å². The van der Waals surface area contributed by atoms with Crippen LogP contribution in [-0.2, 0) is 4.79 Å². The summed E-state index contributed by atoms with van der Waals surface area (Å²) in [5.74, 6) is 6.80. The first-order chi connectivity index (χ1) is 17.9. The van der Waals surface area contributed by atoms with Crippen molar-refractivity contribution in [1.29, 1.82) is 0 Å². The van der Waals surface area contributed by atoms with Crippen LogP contribution >= 0.6 is 0 Å². The number of amides is 1. The van der Waals surface area contributed by atoms with Crippen LogP contribution in [-0.4, -0.2) is 55.8 Å². The molecule has 0 radical (unpaired) electrons. The molecule has 0 spiro atoms. The number of carbonyl (C=O) groups is 1. The molecule has 0 atom stereocenters. The minimum absolute atomic E-state index is 0.375. The molecule has 2 N–H and O–H groups in total. The topological polar surface area (TPSA) is 110 Å². The van der Waals surface area contributed by atoms with Crippen LogP contribution in [0, 0.1) is 18.8 Å². The molecule has 1 amide bonds. The molecule has 3 aromatic heterocycles. The van der Waals surface area contributed by atoms with Gasteiger partial charge in [-0.05, 0) is 68.9 Å². The van der Waals surface area contributed by atoms with Gasteiger partial charge in [0.1, 0.15) is 29.9 Å². The summed E-state index contributed by atoms with van der Waals surface area (Å²) in [6.45, 7) is 2.46. The third-order valence-electron chi connectivity index (χ3n) is 5.40. The van der Waals surface area contributed by atoms with Gasteiger partial charge in [-0.1, -0.05) is 5.92 Å². The second-order valence-corrected chi connectivity index (χ2v) is 8.58. The zero-order chi connectivity index (χ0) is 25.8. The van der Waals surface area contributed by atoms with E-state index in [9.17, 15) is 4.79 Å². The summed E-state index contributed by atoms with van der Waals surface area (Å²) in [6.07, 6.45) is 6.69. The molecule has 0 saturated carbocycles. The lowest BCUT2D eigenvalue weighted by molar-refractivity contribution is -0.111. The average molecular weight is 493 g/mol. The van der Waals surface area contributed by atoms with Gasteiger partial charge in [0.05, 0.1) is 12.1 Å². The second kappa shape index (κ2) is 10.3. The van der Waals surface area contributed by atoms with Crippen LogP contribution in [0.1, 0.15) is 5.56 Å². The molecule has 184 valence electrons. The van der Waals surface area contributed by atoms with Gasteiger partial charge >= 0.3 is 0 Å². The molecule has 10 nitrogen and oxygen atoms in total. The Labute approximate surface area is 213 Å². The van der Waals surface area contributed by atoms with E-state index in [-0.39, 0.29) is 5.91 Å². The number of aryl methyl sites for hydroxylation is 1. The van der Waals surface area contributed by atoms with Crippen LogP contribution < -0.4 is 15.4 Å². The highest BCUT2D eigenvalue weighted by Gasteiger charge is 2.10. The molecule has 0 saturated heterocycles. The van der Waals surface area contributed by atoms with Gasteiger partial charge < -0.3 is 15.4 Å². The summed E-state index contributed by atoms with van der Waals surface area (Å²) in [4.78, 5) is 31.4. The highest BCUT2D eigenvalue weighted by molar-refractivity contribution is 6.05. The standard InChI is InChI=1S/C27H24N8O2/c1-18-13-19(7-9-23(18)37-26-15-24-28-10-12-35(24)17-31-26)33-27-21-14-20(6-8-22(21)29-16-30-27)32-25(36)5-4-11-34(2)3/h6-10,12-17H,11H2,1-3H3,(H,32,36)(H,29,30,33). The van der Waals surface area contributed by atoms with E-state index < -0.39 is 0 Å². The fraction of sp³-hybridized carbons (Fsp3) is 0.148. The summed E-state index contributed by atoms with van der Waals surface area (Å²) in [7, 11) is 3.79. The van der Waals surface area contributed by atoms with Gasteiger partial charge in [0.2, 0.25) is 5.88 Å². The first-order valence-electron chi connectivity index (χ1n) is 11.5. The minimum atomic E-state index is -0.375. The molecule has 0 fully saturated rings. The monoisotopic (exact) mass is 492 g/mol. The van der Waals surface area contributed by atoms with Gasteiger partial charge in [0, 0.05) is 35.2 Å². The van der Waals surface area contributed by atoms with Gasteiger partial charge in [0.25, 0.3) is 5.91 Å². The highest BCUT2D eigenvalue weighted by atomic mass is 16.5. The summed E-state index contributed by atoms with van der Waals surface area (Å²) >= 11 is 0. The summed E-state index contributed by atoms with van der Waals surface area (Å²) in [5.41, 5.74) is 3.85. The molecule has 5 rings (SSSR count). The third kappa shape index (κ3) is 5.63. The van der Waals surface area contributed by atoms with Crippen LogP contribution in [0.5, 0.6) is 11.6 Å².